The van der Waals surface area contributed by atoms with E-state index in [1.807, 2.05) is 12.1 Å². The first-order valence-corrected chi connectivity index (χ1v) is 8.32. The van der Waals surface area contributed by atoms with E-state index in [0.717, 1.165) is 44.0 Å². The first-order valence-electron chi connectivity index (χ1n) is 7.40. The van der Waals surface area contributed by atoms with Crippen molar-refractivity contribution in [2.45, 2.75) is 24.1 Å². The van der Waals surface area contributed by atoms with E-state index in [2.05, 4.69) is 52.3 Å². The molecule has 0 spiro atoms. The molecule has 0 radical (unpaired) electrons. The van der Waals surface area contributed by atoms with E-state index < -0.39 is 0 Å². The molecule has 0 saturated heterocycles. The van der Waals surface area contributed by atoms with Crippen LogP contribution < -0.4 is 9.47 Å². The number of alkyl halides is 1. The second-order valence-electron chi connectivity index (χ2n) is 5.25. The van der Waals surface area contributed by atoms with Gasteiger partial charge in [-0.25, -0.2) is 0 Å². The summed E-state index contributed by atoms with van der Waals surface area (Å²) in [6.45, 7) is 1.48. The number of fused-ring (bicyclic) bond motifs is 1. The van der Waals surface area contributed by atoms with Crippen LogP contribution in [-0.2, 0) is 6.42 Å². The second-order valence-corrected chi connectivity index (χ2v) is 6.35. The van der Waals surface area contributed by atoms with Gasteiger partial charge in [0.1, 0.15) is 0 Å². The smallest absolute Gasteiger partial charge is 0.161 e. The van der Waals surface area contributed by atoms with Gasteiger partial charge in [0, 0.05) is 11.2 Å². The Morgan fingerprint density at radius 1 is 0.952 bits per heavy atom. The van der Waals surface area contributed by atoms with E-state index in [1.54, 1.807) is 0 Å². The fraction of sp³-hybridized carbons (Fsp3) is 0.333. The average molecular weight is 347 g/mol. The number of rotatable bonds is 4. The number of ether oxygens (including phenoxy) is 2. The third-order valence-electron chi connectivity index (χ3n) is 3.66. The Morgan fingerprint density at radius 3 is 2.52 bits per heavy atom. The van der Waals surface area contributed by atoms with Gasteiger partial charge in [-0.15, -0.1) is 0 Å². The molecule has 0 aromatic heterocycles. The lowest BCUT2D eigenvalue weighted by molar-refractivity contribution is 0.297. The fourth-order valence-electron chi connectivity index (χ4n) is 2.49. The Morgan fingerprint density at radius 2 is 1.71 bits per heavy atom. The van der Waals surface area contributed by atoms with Gasteiger partial charge >= 0.3 is 0 Å². The molecule has 0 aliphatic carbocycles. The minimum atomic E-state index is 0.384. The molecule has 2 aromatic rings. The van der Waals surface area contributed by atoms with E-state index in [4.69, 9.17) is 9.47 Å². The van der Waals surface area contributed by atoms with Crippen LogP contribution in [0.1, 0.15) is 28.8 Å². The quantitative estimate of drug-likeness (QED) is 0.731. The van der Waals surface area contributed by atoms with Crippen LogP contribution >= 0.6 is 15.9 Å². The van der Waals surface area contributed by atoms with Gasteiger partial charge in [0.2, 0.25) is 0 Å². The zero-order valence-electron chi connectivity index (χ0n) is 11.9. The van der Waals surface area contributed by atoms with Gasteiger partial charge in [-0.05, 0) is 36.1 Å². The Balaban J connectivity index is 1.64. The Labute approximate surface area is 134 Å². The summed E-state index contributed by atoms with van der Waals surface area (Å²) in [6.07, 6.45) is 3.02. The van der Waals surface area contributed by atoms with Gasteiger partial charge < -0.3 is 9.47 Å². The molecule has 0 saturated carbocycles. The molecule has 1 unspecified atom stereocenters. The standard InChI is InChI=1S/C18H19BrO2/c19-16(15-5-2-1-3-6-15)9-7-14-8-10-17-18(13-14)21-12-4-11-20-17/h1-3,5-6,8,10,13,16H,4,7,9,11-12H2. The summed E-state index contributed by atoms with van der Waals surface area (Å²) in [6, 6.07) is 16.8. The first kappa shape index (κ1) is 14.5. The van der Waals surface area contributed by atoms with Crippen LogP contribution in [0.4, 0.5) is 0 Å². The summed E-state index contributed by atoms with van der Waals surface area (Å²) in [7, 11) is 0. The van der Waals surface area contributed by atoms with E-state index in [1.165, 1.54) is 11.1 Å². The fourth-order valence-corrected chi connectivity index (χ4v) is 3.02. The summed E-state index contributed by atoms with van der Waals surface area (Å²) in [5, 5.41) is 0. The molecule has 0 N–H and O–H groups in total. The molecule has 0 fully saturated rings. The molecule has 1 aliphatic rings. The van der Waals surface area contributed by atoms with Gasteiger partial charge in [0.15, 0.2) is 11.5 Å². The predicted octanol–water partition coefficient (Wildman–Crippen LogP) is 4.92. The summed E-state index contributed by atoms with van der Waals surface area (Å²) < 4.78 is 11.4. The van der Waals surface area contributed by atoms with Crippen molar-refractivity contribution in [1.29, 1.82) is 0 Å². The third-order valence-corrected chi connectivity index (χ3v) is 4.65. The maximum Gasteiger partial charge on any atom is 0.161 e. The van der Waals surface area contributed by atoms with Crippen molar-refractivity contribution in [3.05, 3.63) is 59.7 Å². The molecule has 110 valence electrons. The van der Waals surface area contributed by atoms with Crippen molar-refractivity contribution >= 4 is 15.9 Å². The highest BCUT2D eigenvalue weighted by molar-refractivity contribution is 9.09. The highest BCUT2D eigenvalue weighted by Crippen LogP contribution is 2.32. The van der Waals surface area contributed by atoms with E-state index in [-0.39, 0.29) is 0 Å². The zero-order chi connectivity index (χ0) is 14.5. The lowest BCUT2D eigenvalue weighted by Crippen LogP contribution is -1.97. The molecule has 2 aromatic carbocycles. The SMILES string of the molecule is BrC(CCc1ccc2c(c1)OCCCO2)c1ccccc1. The molecule has 1 atom stereocenters. The Hall–Kier alpha value is -1.48. The summed E-state index contributed by atoms with van der Waals surface area (Å²) >= 11 is 3.77. The lowest BCUT2D eigenvalue weighted by Gasteiger charge is -2.12. The molecule has 1 heterocycles. The molecule has 3 rings (SSSR count). The minimum absolute atomic E-state index is 0.384. The van der Waals surface area contributed by atoms with Crippen molar-refractivity contribution in [3.63, 3.8) is 0 Å². The third kappa shape index (κ3) is 3.79. The average Bonchev–Trinajstić information content (AvgIpc) is 2.78. The van der Waals surface area contributed by atoms with Gasteiger partial charge in [-0.2, -0.15) is 0 Å². The van der Waals surface area contributed by atoms with Crippen molar-refractivity contribution in [1.82, 2.24) is 0 Å². The van der Waals surface area contributed by atoms with Crippen LogP contribution in [0.25, 0.3) is 0 Å². The number of aryl methyl sites for hydroxylation is 1. The Kier molecular flexibility index (Phi) is 4.81. The van der Waals surface area contributed by atoms with Crippen molar-refractivity contribution in [2.75, 3.05) is 13.2 Å². The van der Waals surface area contributed by atoms with Crippen molar-refractivity contribution < 1.29 is 9.47 Å². The largest absolute Gasteiger partial charge is 0.490 e. The normalized spacial score (nSPS) is 15.3. The molecule has 0 bridgehead atoms. The van der Waals surface area contributed by atoms with Gasteiger partial charge in [-0.3, -0.25) is 0 Å². The molecule has 21 heavy (non-hydrogen) atoms. The molecule has 3 heteroatoms. The minimum Gasteiger partial charge on any atom is -0.490 e. The van der Waals surface area contributed by atoms with Crippen LogP contribution in [0.5, 0.6) is 11.5 Å². The van der Waals surface area contributed by atoms with Gasteiger partial charge in [0.05, 0.1) is 13.2 Å². The summed E-state index contributed by atoms with van der Waals surface area (Å²) in [5.74, 6) is 1.76. The first-order chi connectivity index (χ1) is 10.3. The molecular formula is C18H19BrO2. The summed E-state index contributed by atoms with van der Waals surface area (Å²) in [5.41, 5.74) is 2.62. The second kappa shape index (κ2) is 6.99. The summed E-state index contributed by atoms with van der Waals surface area (Å²) in [4.78, 5) is 0.384. The highest BCUT2D eigenvalue weighted by atomic mass is 79.9. The molecule has 1 aliphatic heterocycles. The van der Waals surface area contributed by atoms with E-state index >= 15 is 0 Å². The van der Waals surface area contributed by atoms with Crippen LogP contribution in [0, 0.1) is 0 Å². The highest BCUT2D eigenvalue weighted by Gasteiger charge is 2.12. The number of hydrogen-bond donors (Lipinski definition) is 0. The number of benzene rings is 2. The zero-order valence-corrected chi connectivity index (χ0v) is 13.5. The number of hydrogen-bond acceptors (Lipinski definition) is 2. The Bertz CT molecular complexity index is 583. The van der Waals surface area contributed by atoms with Crippen LogP contribution in [0.15, 0.2) is 48.5 Å². The monoisotopic (exact) mass is 346 g/mol. The van der Waals surface area contributed by atoms with Gasteiger partial charge in [-0.1, -0.05) is 52.3 Å². The molecule has 2 nitrogen and oxygen atoms in total. The van der Waals surface area contributed by atoms with E-state index in [0.29, 0.717) is 4.83 Å². The molecular weight excluding hydrogens is 328 g/mol. The maximum absolute atomic E-state index is 5.74. The lowest BCUT2D eigenvalue weighted by atomic mass is 10.0. The van der Waals surface area contributed by atoms with E-state index in [9.17, 15) is 0 Å². The van der Waals surface area contributed by atoms with Crippen LogP contribution in [-0.4, -0.2) is 13.2 Å². The van der Waals surface area contributed by atoms with Gasteiger partial charge in [0.25, 0.3) is 0 Å². The maximum atomic E-state index is 5.74. The molecule has 0 amide bonds. The van der Waals surface area contributed by atoms with Crippen molar-refractivity contribution in [3.8, 4) is 11.5 Å². The predicted molar refractivity (Wildman–Crippen MR) is 88.5 cm³/mol. The van der Waals surface area contributed by atoms with Crippen LogP contribution in [0.2, 0.25) is 0 Å². The topological polar surface area (TPSA) is 18.5 Å². The van der Waals surface area contributed by atoms with Crippen molar-refractivity contribution in [2.24, 2.45) is 0 Å². The van der Waals surface area contributed by atoms with Crippen LogP contribution in [0.3, 0.4) is 0 Å². The number of halogens is 1.